The Morgan fingerprint density at radius 2 is 2.14 bits per heavy atom. The largest absolute Gasteiger partial charge is 0.508 e. The van der Waals surface area contributed by atoms with Crippen LogP contribution in [-0.2, 0) is 9.47 Å². The number of carbonyl (C=O) groups is 1. The molecule has 0 aromatic carbocycles. The summed E-state index contributed by atoms with van der Waals surface area (Å²) in [7, 11) is 0. The lowest BCUT2D eigenvalue weighted by molar-refractivity contribution is 0.0661. The summed E-state index contributed by atoms with van der Waals surface area (Å²) in [5.74, 6) is 0. The summed E-state index contributed by atoms with van der Waals surface area (Å²) >= 11 is 0. The molecule has 3 nitrogen and oxygen atoms in total. The van der Waals surface area contributed by atoms with Crippen molar-refractivity contribution in [2.45, 2.75) is 13.8 Å². The molecule has 0 amide bonds. The molecule has 0 bridgehead atoms. The second kappa shape index (κ2) is 8.10. The number of hydrogen-bond donors (Lipinski definition) is 0. The van der Waals surface area contributed by atoms with Crippen LogP contribution in [0.15, 0.2) is 36.5 Å². The van der Waals surface area contributed by atoms with Gasteiger partial charge in [0.25, 0.3) is 0 Å². The van der Waals surface area contributed by atoms with Gasteiger partial charge >= 0.3 is 6.16 Å². The molecule has 0 fully saturated rings. The van der Waals surface area contributed by atoms with Crippen molar-refractivity contribution in [3.63, 3.8) is 0 Å². The maximum absolute atomic E-state index is 10.8. The predicted molar refractivity (Wildman–Crippen MR) is 56.1 cm³/mol. The highest BCUT2D eigenvalue weighted by atomic mass is 16.7. The summed E-state index contributed by atoms with van der Waals surface area (Å²) in [4.78, 5) is 10.8. The van der Waals surface area contributed by atoms with Crippen LogP contribution in [0, 0.1) is 0 Å². The Balaban J connectivity index is 3.91. The van der Waals surface area contributed by atoms with E-state index in [1.54, 1.807) is 19.1 Å². The smallest absolute Gasteiger partial charge is 0.435 e. The van der Waals surface area contributed by atoms with Gasteiger partial charge in [-0.2, -0.15) is 0 Å². The molecule has 0 unspecified atom stereocenters. The van der Waals surface area contributed by atoms with Crippen molar-refractivity contribution < 1.29 is 14.3 Å². The summed E-state index contributed by atoms with van der Waals surface area (Å²) in [6, 6.07) is 0. The Hall–Kier alpha value is -1.51. The summed E-state index contributed by atoms with van der Waals surface area (Å²) in [5.41, 5.74) is 0.901. The third-order valence-electron chi connectivity index (χ3n) is 1.44. The van der Waals surface area contributed by atoms with Crippen molar-refractivity contribution in [2.75, 3.05) is 13.2 Å². The van der Waals surface area contributed by atoms with Gasteiger partial charge in [-0.3, -0.25) is 0 Å². The number of allylic oxidation sites excluding steroid dienone is 3. The zero-order valence-electron chi connectivity index (χ0n) is 8.66. The van der Waals surface area contributed by atoms with Gasteiger partial charge in [-0.15, -0.1) is 0 Å². The van der Waals surface area contributed by atoms with Gasteiger partial charge in [-0.1, -0.05) is 30.9 Å². The van der Waals surface area contributed by atoms with Gasteiger partial charge in [-0.25, -0.2) is 4.79 Å². The Morgan fingerprint density at radius 3 is 2.64 bits per heavy atom. The number of hydrogen-bond acceptors (Lipinski definition) is 3. The third kappa shape index (κ3) is 6.06. The molecule has 0 aromatic rings. The van der Waals surface area contributed by atoms with Crippen LogP contribution in [0.2, 0.25) is 0 Å². The molecule has 0 rings (SSSR count). The van der Waals surface area contributed by atoms with Crippen molar-refractivity contribution in [2.24, 2.45) is 0 Å². The maximum Gasteiger partial charge on any atom is 0.508 e. The minimum absolute atomic E-state index is 0.222. The van der Waals surface area contributed by atoms with Gasteiger partial charge in [0, 0.05) is 0 Å². The molecule has 0 N–H and O–H groups in total. The molecule has 0 aliphatic carbocycles. The Bertz CT molecular complexity index is 239. The zero-order chi connectivity index (χ0) is 10.8. The molecule has 0 spiro atoms. The lowest BCUT2D eigenvalue weighted by Crippen LogP contribution is -2.08. The van der Waals surface area contributed by atoms with E-state index in [9.17, 15) is 4.79 Å². The van der Waals surface area contributed by atoms with E-state index >= 15 is 0 Å². The van der Waals surface area contributed by atoms with E-state index in [0.717, 1.165) is 5.57 Å². The first kappa shape index (κ1) is 12.5. The van der Waals surface area contributed by atoms with Gasteiger partial charge < -0.3 is 9.47 Å². The summed E-state index contributed by atoms with van der Waals surface area (Å²) in [5, 5.41) is 0. The van der Waals surface area contributed by atoms with E-state index in [0.29, 0.717) is 6.61 Å². The molecule has 0 atom stereocenters. The molecule has 0 aliphatic heterocycles. The highest BCUT2D eigenvalue weighted by Gasteiger charge is 2.01. The van der Waals surface area contributed by atoms with Crippen LogP contribution < -0.4 is 0 Å². The SMILES string of the molecule is C=C/C=C\C(=C/C)COC(=O)OCC. The van der Waals surface area contributed by atoms with Crippen LogP contribution in [-0.4, -0.2) is 19.4 Å². The molecular formula is C11H16O3. The van der Waals surface area contributed by atoms with E-state index in [1.807, 2.05) is 19.1 Å². The van der Waals surface area contributed by atoms with E-state index in [4.69, 9.17) is 4.74 Å². The van der Waals surface area contributed by atoms with E-state index in [1.165, 1.54) is 0 Å². The Morgan fingerprint density at radius 1 is 1.43 bits per heavy atom. The first-order valence-corrected chi connectivity index (χ1v) is 4.48. The van der Waals surface area contributed by atoms with Crippen LogP contribution in [0.3, 0.4) is 0 Å². The number of rotatable bonds is 5. The predicted octanol–water partition coefficient (Wildman–Crippen LogP) is 2.85. The normalized spacial score (nSPS) is 11.4. The molecule has 0 radical (unpaired) electrons. The minimum Gasteiger partial charge on any atom is -0.435 e. The standard InChI is InChI=1S/C11H16O3/c1-4-7-8-10(5-2)9-14-11(12)13-6-3/h4-5,7-8H,1,6,9H2,2-3H3/b8-7-,10-5+. The highest BCUT2D eigenvalue weighted by molar-refractivity contribution is 5.60. The van der Waals surface area contributed by atoms with Gasteiger partial charge in [-0.05, 0) is 19.4 Å². The fourth-order valence-electron chi connectivity index (χ4n) is 0.721. The van der Waals surface area contributed by atoms with E-state index in [2.05, 4.69) is 11.3 Å². The Labute approximate surface area is 84.7 Å². The fraction of sp³-hybridized carbons (Fsp3) is 0.364. The van der Waals surface area contributed by atoms with Gasteiger partial charge in [0.2, 0.25) is 0 Å². The van der Waals surface area contributed by atoms with Gasteiger partial charge in [0.1, 0.15) is 6.61 Å². The molecule has 0 aromatic heterocycles. The molecule has 0 saturated carbocycles. The van der Waals surface area contributed by atoms with Gasteiger partial charge in [0.05, 0.1) is 6.61 Å². The average Bonchev–Trinajstić information content (AvgIpc) is 2.19. The first-order chi connectivity index (χ1) is 6.74. The quantitative estimate of drug-likeness (QED) is 0.501. The average molecular weight is 196 g/mol. The van der Waals surface area contributed by atoms with Crippen LogP contribution >= 0.6 is 0 Å². The maximum atomic E-state index is 10.8. The van der Waals surface area contributed by atoms with Crippen molar-refractivity contribution in [3.8, 4) is 0 Å². The van der Waals surface area contributed by atoms with Crippen LogP contribution in [0.1, 0.15) is 13.8 Å². The summed E-state index contributed by atoms with van der Waals surface area (Å²) in [6.07, 6.45) is 6.49. The molecule has 0 saturated heterocycles. The molecular weight excluding hydrogens is 180 g/mol. The van der Waals surface area contributed by atoms with Crippen LogP contribution in [0.5, 0.6) is 0 Å². The topological polar surface area (TPSA) is 35.5 Å². The van der Waals surface area contributed by atoms with E-state index < -0.39 is 6.16 Å². The molecule has 14 heavy (non-hydrogen) atoms. The fourth-order valence-corrected chi connectivity index (χ4v) is 0.721. The first-order valence-electron chi connectivity index (χ1n) is 4.48. The third-order valence-corrected chi connectivity index (χ3v) is 1.44. The van der Waals surface area contributed by atoms with Crippen molar-refractivity contribution >= 4 is 6.16 Å². The lowest BCUT2D eigenvalue weighted by Gasteiger charge is -2.04. The summed E-state index contributed by atoms with van der Waals surface area (Å²) in [6.45, 7) is 7.70. The lowest BCUT2D eigenvalue weighted by atomic mass is 10.2. The molecule has 0 aliphatic rings. The number of ether oxygens (including phenoxy) is 2. The zero-order valence-corrected chi connectivity index (χ0v) is 8.66. The molecule has 78 valence electrons. The Kier molecular flexibility index (Phi) is 7.23. The van der Waals surface area contributed by atoms with E-state index in [-0.39, 0.29) is 6.61 Å². The minimum atomic E-state index is -0.640. The number of carbonyl (C=O) groups excluding carboxylic acids is 1. The van der Waals surface area contributed by atoms with Crippen molar-refractivity contribution in [1.82, 2.24) is 0 Å². The van der Waals surface area contributed by atoms with Crippen LogP contribution in [0.4, 0.5) is 4.79 Å². The molecule has 3 heteroatoms. The monoisotopic (exact) mass is 196 g/mol. The molecule has 0 heterocycles. The van der Waals surface area contributed by atoms with Crippen molar-refractivity contribution in [1.29, 1.82) is 0 Å². The summed E-state index contributed by atoms with van der Waals surface area (Å²) < 4.78 is 9.43. The second-order valence-electron chi connectivity index (χ2n) is 2.43. The van der Waals surface area contributed by atoms with Crippen molar-refractivity contribution in [3.05, 3.63) is 36.5 Å². The highest BCUT2D eigenvalue weighted by Crippen LogP contribution is 1.99. The van der Waals surface area contributed by atoms with Crippen LogP contribution in [0.25, 0.3) is 0 Å². The second-order valence-corrected chi connectivity index (χ2v) is 2.43. The van der Waals surface area contributed by atoms with Gasteiger partial charge in [0.15, 0.2) is 0 Å².